The fraction of sp³-hybridized carbons (Fsp3) is 0.296. The Labute approximate surface area is 177 Å². The molecule has 3 rings (SSSR count). The van der Waals surface area contributed by atoms with Gasteiger partial charge in [-0.2, -0.15) is 0 Å². The van der Waals surface area contributed by atoms with Crippen molar-refractivity contribution in [2.45, 2.75) is 51.4 Å². The number of hydrogen-bond donors (Lipinski definition) is 0. The highest BCUT2D eigenvalue weighted by atomic mass is 19.1. The van der Waals surface area contributed by atoms with E-state index in [0.717, 1.165) is 42.4 Å². The van der Waals surface area contributed by atoms with E-state index in [1.54, 1.807) is 24.3 Å². The van der Waals surface area contributed by atoms with Crippen molar-refractivity contribution < 1.29 is 13.6 Å². The van der Waals surface area contributed by atoms with Gasteiger partial charge in [0, 0.05) is 18.8 Å². The number of ketones is 1. The van der Waals surface area contributed by atoms with E-state index in [-0.39, 0.29) is 23.3 Å². The molecule has 0 aromatic heterocycles. The van der Waals surface area contributed by atoms with E-state index in [1.807, 2.05) is 25.1 Å². The Morgan fingerprint density at radius 2 is 1.40 bits per heavy atom. The minimum Gasteiger partial charge on any atom is -0.299 e. The summed E-state index contributed by atoms with van der Waals surface area (Å²) >= 11 is 0. The number of carbonyl (C=O) groups excluding carboxylic acids is 1. The number of hydrogen-bond acceptors (Lipinski definition) is 1. The zero-order valence-electron chi connectivity index (χ0n) is 17.4. The van der Waals surface area contributed by atoms with Gasteiger partial charge in [0.2, 0.25) is 0 Å². The van der Waals surface area contributed by atoms with Crippen LogP contribution >= 0.6 is 0 Å². The van der Waals surface area contributed by atoms with E-state index >= 15 is 0 Å². The molecular weight excluding hydrogens is 378 g/mol. The Balaban J connectivity index is 1.51. The van der Waals surface area contributed by atoms with Crippen molar-refractivity contribution >= 4 is 5.78 Å². The summed E-state index contributed by atoms with van der Waals surface area (Å²) < 4.78 is 26.7. The molecule has 0 bridgehead atoms. The van der Waals surface area contributed by atoms with Crippen molar-refractivity contribution in [1.82, 2.24) is 0 Å². The maximum absolute atomic E-state index is 13.3. The van der Waals surface area contributed by atoms with Crippen LogP contribution in [0.25, 0.3) is 0 Å². The van der Waals surface area contributed by atoms with Gasteiger partial charge in [-0.05, 0) is 60.7 Å². The van der Waals surface area contributed by atoms with Crippen molar-refractivity contribution in [3.63, 3.8) is 0 Å². The summed E-state index contributed by atoms with van der Waals surface area (Å²) in [6, 6.07) is 21.2. The number of aryl methyl sites for hydroxylation is 1. The molecule has 0 aliphatic carbocycles. The molecule has 1 nitrogen and oxygen atoms in total. The minimum atomic E-state index is -0.260. The predicted molar refractivity (Wildman–Crippen MR) is 118 cm³/mol. The van der Waals surface area contributed by atoms with E-state index in [0.29, 0.717) is 12.8 Å². The van der Waals surface area contributed by atoms with Crippen LogP contribution in [0.3, 0.4) is 0 Å². The number of carbonyl (C=O) groups is 1. The monoisotopic (exact) mass is 406 g/mol. The molecule has 3 aromatic carbocycles. The Morgan fingerprint density at radius 1 is 0.800 bits per heavy atom. The zero-order chi connectivity index (χ0) is 21.3. The smallest absolute Gasteiger partial charge is 0.137 e. The van der Waals surface area contributed by atoms with Gasteiger partial charge in [-0.15, -0.1) is 0 Å². The fourth-order valence-electron chi connectivity index (χ4n) is 3.90. The molecule has 156 valence electrons. The van der Waals surface area contributed by atoms with E-state index < -0.39 is 0 Å². The molecule has 0 heterocycles. The molecule has 0 atom stereocenters. The highest BCUT2D eigenvalue weighted by Gasteiger charge is 2.14. The Bertz CT molecular complexity index is 900. The normalized spacial score (nSPS) is 11.1. The summed E-state index contributed by atoms with van der Waals surface area (Å²) in [6.45, 7) is 2.03. The highest BCUT2D eigenvalue weighted by molar-refractivity contribution is 5.80. The van der Waals surface area contributed by atoms with Gasteiger partial charge in [-0.3, -0.25) is 4.79 Å². The van der Waals surface area contributed by atoms with Crippen LogP contribution in [0.2, 0.25) is 0 Å². The van der Waals surface area contributed by atoms with E-state index in [9.17, 15) is 13.6 Å². The number of rotatable bonds is 10. The number of unbranched alkanes of at least 4 members (excludes halogenated alkanes) is 2. The molecule has 0 aliphatic rings. The lowest BCUT2D eigenvalue weighted by molar-refractivity contribution is -0.118. The summed E-state index contributed by atoms with van der Waals surface area (Å²) in [5.74, 6) is -0.157. The first-order valence-corrected chi connectivity index (χ1v) is 10.6. The van der Waals surface area contributed by atoms with Crippen molar-refractivity contribution in [2.75, 3.05) is 0 Å². The molecule has 0 saturated heterocycles. The number of Topliss-reactive ketones (excluding diaryl/α,β-unsaturated/α-hetero) is 1. The largest absolute Gasteiger partial charge is 0.299 e. The maximum Gasteiger partial charge on any atom is 0.137 e. The fourth-order valence-corrected chi connectivity index (χ4v) is 3.90. The third kappa shape index (κ3) is 6.62. The van der Waals surface area contributed by atoms with Gasteiger partial charge in [0.1, 0.15) is 17.4 Å². The molecule has 0 amide bonds. The molecule has 0 spiro atoms. The van der Waals surface area contributed by atoms with E-state index in [1.165, 1.54) is 29.8 Å². The third-order valence-corrected chi connectivity index (χ3v) is 5.48. The van der Waals surface area contributed by atoms with Crippen LogP contribution < -0.4 is 0 Å². The molecule has 0 saturated carbocycles. The zero-order valence-corrected chi connectivity index (χ0v) is 17.4. The lowest BCUT2D eigenvalue weighted by Crippen LogP contribution is -2.04. The Kier molecular flexibility index (Phi) is 7.89. The van der Waals surface area contributed by atoms with Crippen molar-refractivity contribution in [3.05, 3.63) is 107 Å². The van der Waals surface area contributed by atoms with Gasteiger partial charge in [0.05, 0.1) is 0 Å². The molecular formula is C27H28F2O. The van der Waals surface area contributed by atoms with Gasteiger partial charge in [-0.25, -0.2) is 8.78 Å². The van der Waals surface area contributed by atoms with Crippen LogP contribution in [-0.2, 0) is 11.2 Å². The van der Waals surface area contributed by atoms with E-state index in [4.69, 9.17) is 0 Å². The summed E-state index contributed by atoms with van der Waals surface area (Å²) in [4.78, 5) is 12.3. The highest BCUT2D eigenvalue weighted by Crippen LogP contribution is 2.30. The molecule has 0 aliphatic heterocycles. The van der Waals surface area contributed by atoms with Crippen LogP contribution in [0.15, 0.2) is 72.8 Å². The third-order valence-electron chi connectivity index (χ3n) is 5.48. The predicted octanol–water partition coefficient (Wildman–Crippen LogP) is 7.17. The second kappa shape index (κ2) is 10.8. The van der Waals surface area contributed by atoms with Gasteiger partial charge >= 0.3 is 0 Å². The lowest BCUT2D eigenvalue weighted by atomic mass is 9.86. The first-order valence-electron chi connectivity index (χ1n) is 10.6. The van der Waals surface area contributed by atoms with Crippen molar-refractivity contribution in [1.29, 1.82) is 0 Å². The Hall–Kier alpha value is -2.81. The lowest BCUT2D eigenvalue weighted by Gasteiger charge is -2.18. The topological polar surface area (TPSA) is 17.1 Å². The second-order valence-electron chi connectivity index (χ2n) is 7.96. The second-order valence-corrected chi connectivity index (χ2v) is 7.96. The molecule has 30 heavy (non-hydrogen) atoms. The van der Waals surface area contributed by atoms with Gasteiger partial charge in [-0.1, -0.05) is 66.9 Å². The molecule has 0 unspecified atom stereocenters. The van der Waals surface area contributed by atoms with E-state index in [2.05, 4.69) is 6.07 Å². The minimum absolute atomic E-state index is 0.0918. The summed E-state index contributed by atoms with van der Waals surface area (Å²) in [7, 11) is 0. The molecule has 0 N–H and O–H groups in total. The van der Waals surface area contributed by atoms with Crippen LogP contribution in [0.4, 0.5) is 8.78 Å². The molecule has 0 radical (unpaired) electrons. The van der Waals surface area contributed by atoms with Crippen LogP contribution in [0.1, 0.15) is 60.3 Å². The molecule has 3 aromatic rings. The van der Waals surface area contributed by atoms with Crippen molar-refractivity contribution in [2.24, 2.45) is 0 Å². The van der Waals surface area contributed by atoms with Crippen LogP contribution in [0.5, 0.6) is 0 Å². The molecule has 0 fully saturated rings. The number of benzene rings is 3. The SMILES string of the molecule is Cc1cccc(CC(=O)CCCCCC(c2ccc(F)cc2)c2ccc(F)cc2)c1. The maximum atomic E-state index is 13.3. The quantitative estimate of drug-likeness (QED) is 0.326. The van der Waals surface area contributed by atoms with Crippen LogP contribution in [-0.4, -0.2) is 5.78 Å². The number of halogens is 2. The average Bonchev–Trinajstić information content (AvgIpc) is 2.72. The summed E-state index contributed by atoms with van der Waals surface area (Å²) in [5, 5.41) is 0. The Morgan fingerprint density at radius 3 is 1.97 bits per heavy atom. The van der Waals surface area contributed by atoms with Crippen LogP contribution in [0, 0.1) is 18.6 Å². The van der Waals surface area contributed by atoms with Gasteiger partial charge in [0.15, 0.2) is 0 Å². The summed E-state index contributed by atoms with van der Waals surface area (Å²) in [5.41, 5.74) is 4.30. The van der Waals surface area contributed by atoms with Crippen molar-refractivity contribution in [3.8, 4) is 0 Å². The summed E-state index contributed by atoms with van der Waals surface area (Å²) in [6.07, 6.45) is 4.74. The van der Waals surface area contributed by atoms with Gasteiger partial charge in [0.25, 0.3) is 0 Å². The molecule has 3 heteroatoms. The first kappa shape index (κ1) is 21.9. The first-order chi connectivity index (χ1) is 14.5. The average molecular weight is 407 g/mol. The standard InChI is InChI=1S/C27H28F2O/c1-20-6-5-7-21(18-20)19-26(30)8-3-2-4-9-27(22-10-14-24(28)15-11-22)23-12-16-25(29)17-13-23/h5-7,10-18,27H,2-4,8-9,19H2,1H3. The van der Waals surface area contributed by atoms with Gasteiger partial charge < -0.3 is 0 Å².